The number of hydrogen-bond acceptors (Lipinski definition) is 3. The van der Waals surface area contributed by atoms with Crippen LogP contribution in [0.15, 0.2) is 0 Å². The Bertz CT molecular complexity index is 167. The molecule has 0 saturated carbocycles. The fourth-order valence-electron chi connectivity index (χ4n) is 1.36. The third-order valence-corrected chi connectivity index (χ3v) is 3.37. The van der Waals surface area contributed by atoms with Crippen LogP contribution in [0.5, 0.6) is 0 Å². The van der Waals surface area contributed by atoms with E-state index in [0.717, 1.165) is 6.54 Å². The third-order valence-electron chi connectivity index (χ3n) is 2.32. The van der Waals surface area contributed by atoms with Gasteiger partial charge in [-0.25, -0.2) is 0 Å². The van der Waals surface area contributed by atoms with Crippen molar-refractivity contribution in [2.45, 2.75) is 25.8 Å². The number of amides is 1. The molecule has 4 heteroatoms. The van der Waals surface area contributed by atoms with E-state index in [0.29, 0.717) is 5.92 Å². The van der Waals surface area contributed by atoms with Gasteiger partial charge < -0.3 is 11.1 Å². The number of rotatable bonds is 3. The zero-order valence-corrected chi connectivity index (χ0v) is 8.90. The van der Waals surface area contributed by atoms with Gasteiger partial charge in [0.25, 0.3) is 0 Å². The molecule has 1 aliphatic rings. The minimum Gasteiger partial charge on any atom is -0.354 e. The Balaban J connectivity index is 2.13. The smallest absolute Gasteiger partial charge is 0.236 e. The van der Waals surface area contributed by atoms with Gasteiger partial charge in [0.05, 0.1) is 6.04 Å². The SMILES string of the molecule is C[C@@H](N)C(=O)NCC1CCSCC1. The van der Waals surface area contributed by atoms with Crippen LogP contribution < -0.4 is 11.1 Å². The summed E-state index contributed by atoms with van der Waals surface area (Å²) in [5.41, 5.74) is 5.44. The minimum absolute atomic E-state index is 0.0294. The van der Waals surface area contributed by atoms with Gasteiger partial charge in [-0.2, -0.15) is 11.8 Å². The molecule has 1 atom stereocenters. The van der Waals surface area contributed by atoms with Crippen molar-refractivity contribution < 1.29 is 4.79 Å². The summed E-state index contributed by atoms with van der Waals surface area (Å²) < 4.78 is 0. The van der Waals surface area contributed by atoms with Crippen LogP contribution in [0.4, 0.5) is 0 Å². The van der Waals surface area contributed by atoms with E-state index >= 15 is 0 Å². The average Bonchev–Trinajstić information content (AvgIpc) is 2.15. The molecule has 3 nitrogen and oxygen atoms in total. The molecule has 1 heterocycles. The highest BCUT2D eigenvalue weighted by Gasteiger charge is 2.15. The molecule has 0 radical (unpaired) electrons. The summed E-state index contributed by atoms with van der Waals surface area (Å²) in [6, 6.07) is -0.377. The summed E-state index contributed by atoms with van der Waals surface area (Å²) in [6.07, 6.45) is 2.45. The molecule has 0 unspecified atom stereocenters. The van der Waals surface area contributed by atoms with Crippen molar-refractivity contribution in [1.29, 1.82) is 0 Å². The van der Waals surface area contributed by atoms with Gasteiger partial charge in [0.1, 0.15) is 0 Å². The zero-order chi connectivity index (χ0) is 9.68. The molecule has 0 aromatic heterocycles. The first-order valence-electron chi connectivity index (χ1n) is 4.81. The van der Waals surface area contributed by atoms with Crippen LogP contribution in [0.1, 0.15) is 19.8 Å². The number of nitrogens with two attached hydrogens (primary N) is 1. The normalized spacial score (nSPS) is 21.1. The highest BCUT2D eigenvalue weighted by atomic mass is 32.2. The lowest BCUT2D eigenvalue weighted by Gasteiger charge is -2.21. The molecule has 1 fully saturated rings. The molecule has 0 spiro atoms. The van der Waals surface area contributed by atoms with Crippen LogP contribution in [0.2, 0.25) is 0 Å². The molecule has 13 heavy (non-hydrogen) atoms. The van der Waals surface area contributed by atoms with Crippen molar-refractivity contribution in [2.24, 2.45) is 11.7 Å². The summed E-state index contributed by atoms with van der Waals surface area (Å²) in [7, 11) is 0. The van der Waals surface area contributed by atoms with Gasteiger partial charge in [-0.3, -0.25) is 4.79 Å². The maximum Gasteiger partial charge on any atom is 0.236 e. The van der Waals surface area contributed by atoms with Crippen molar-refractivity contribution in [3.05, 3.63) is 0 Å². The Labute approximate surface area is 83.8 Å². The van der Waals surface area contributed by atoms with Crippen LogP contribution >= 0.6 is 11.8 Å². The fourth-order valence-corrected chi connectivity index (χ4v) is 2.56. The Morgan fingerprint density at radius 3 is 2.77 bits per heavy atom. The van der Waals surface area contributed by atoms with Gasteiger partial charge in [-0.05, 0) is 37.2 Å². The lowest BCUT2D eigenvalue weighted by atomic mass is 10.0. The van der Waals surface area contributed by atoms with Crippen LogP contribution in [-0.4, -0.2) is 30.0 Å². The molecule has 1 aliphatic heterocycles. The predicted molar refractivity (Wildman–Crippen MR) is 56.7 cm³/mol. The quantitative estimate of drug-likeness (QED) is 0.704. The van der Waals surface area contributed by atoms with Crippen LogP contribution in [0.3, 0.4) is 0 Å². The molecule has 3 N–H and O–H groups in total. The van der Waals surface area contributed by atoms with Crippen LogP contribution in [-0.2, 0) is 4.79 Å². The first-order chi connectivity index (χ1) is 6.20. The topological polar surface area (TPSA) is 55.1 Å². The molecule has 0 aromatic rings. The molecular formula is C9H18N2OS. The second kappa shape index (κ2) is 5.50. The van der Waals surface area contributed by atoms with Gasteiger partial charge in [-0.15, -0.1) is 0 Å². The highest BCUT2D eigenvalue weighted by molar-refractivity contribution is 7.99. The molecular weight excluding hydrogens is 184 g/mol. The Hall–Kier alpha value is -0.220. The van der Waals surface area contributed by atoms with Crippen molar-refractivity contribution in [3.8, 4) is 0 Å². The van der Waals surface area contributed by atoms with Crippen molar-refractivity contribution in [3.63, 3.8) is 0 Å². The van der Waals surface area contributed by atoms with Crippen molar-refractivity contribution in [1.82, 2.24) is 5.32 Å². The van der Waals surface area contributed by atoms with Crippen molar-refractivity contribution in [2.75, 3.05) is 18.1 Å². The Morgan fingerprint density at radius 2 is 2.23 bits per heavy atom. The van der Waals surface area contributed by atoms with E-state index in [1.54, 1.807) is 6.92 Å². The van der Waals surface area contributed by atoms with E-state index in [-0.39, 0.29) is 11.9 Å². The molecule has 1 saturated heterocycles. The lowest BCUT2D eigenvalue weighted by Crippen LogP contribution is -2.40. The van der Waals surface area contributed by atoms with Gasteiger partial charge >= 0.3 is 0 Å². The molecule has 1 amide bonds. The van der Waals surface area contributed by atoms with E-state index in [9.17, 15) is 4.79 Å². The maximum atomic E-state index is 11.1. The number of carbonyl (C=O) groups is 1. The standard InChI is InChI=1S/C9H18N2OS/c1-7(10)9(12)11-6-8-2-4-13-5-3-8/h7-8H,2-6,10H2,1H3,(H,11,12)/t7-/m1/s1. The average molecular weight is 202 g/mol. The van der Waals surface area contributed by atoms with E-state index < -0.39 is 0 Å². The van der Waals surface area contributed by atoms with E-state index in [4.69, 9.17) is 5.73 Å². The largest absolute Gasteiger partial charge is 0.354 e. The van der Waals surface area contributed by atoms with E-state index in [1.165, 1.54) is 24.3 Å². The number of hydrogen-bond donors (Lipinski definition) is 2. The van der Waals surface area contributed by atoms with Gasteiger partial charge in [0.2, 0.25) is 5.91 Å². The number of thioether (sulfide) groups is 1. The second-order valence-electron chi connectivity index (χ2n) is 3.59. The maximum absolute atomic E-state index is 11.1. The van der Waals surface area contributed by atoms with Gasteiger partial charge in [-0.1, -0.05) is 0 Å². The molecule has 0 aromatic carbocycles. The first kappa shape index (κ1) is 10.9. The van der Waals surface area contributed by atoms with E-state index in [2.05, 4.69) is 5.32 Å². The summed E-state index contributed by atoms with van der Waals surface area (Å²) in [4.78, 5) is 11.1. The summed E-state index contributed by atoms with van der Waals surface area (Å²) >= 11 is 2.00. The van der Waals surface area contributed by atoms with Crippen molar-refractivity contribution >= 4 is 17.7 Å². The zero-order valence-electron chi connectivity index (χ0n) is 8.08. The molecule has 0 aliphatic carbocycles. The van der Waals surface area contributed by atoms with Gasteiger partial charge in [0.15, 0.2) is 0 Å². The second-order valence-corrected chi connectivity index (χ2v) is 4.81. The van der Waals surface area contributed by atoms with Gasteiger partial charge in [0, 0.05) is 6.54 Å². The summed E-state index contributed by atoms with van der Waals surface area (Å²) in [5, 5.41) is 2.88. The van der Waals surface area contributed by atoms with E-state index in [1.807, 2.05) is 11.8 Å². The Morgan fingerprint density at radius 1 is 1.62 bits per heavy atom. The third kappa shape index (κ3) is 4.00. The summed E-state index contributed by atoms with van der Waals surface area (Å²) in [6.45, 7) is 2.52. The monoisotopic (exact) mass is 202 g/mol. The number of carbonyl (C=O) groups excluding carboxylic acids is 1. The lowest BCUT2D eigenvalue weighted by molar-refractivity contribution is -0.122. The van der Waals surface area contributed by atoms with Crippen LogP contribution in [0.25, 0.3) is 0 Å². The predicted octanol–water partition coefficient (Wildman–Crippen LogP) is 0.593. The minimum atomic E-state index is -0.377. The summed E-state index contributed by atoms with van der Waals surface area (Å²) in [5.74, 6) is 3.11. The number of nitrogens with one attached hydrogen (secondary N) is 1. The first-order valence-corrected chi connectivity index (χ1v) is 5.96. The molecule has 0 bridgehead atoms. The highest BCUT2D eigenvalue weighted by Crippen LogP contribution is 2.21. The van der Waals surface area contributed by atoms with Crippen LogP contribution in [0, 0.1) is 5.92 Å². The molecule has 1 rings (SSSR count). The molecule has 76 valence electrons. The Kier molecular flexibility index (Phi) is 4.59. The fraction of sp³-hybridized carbons (Fsp3) is 0.889.